The number of nitrogens with one attached hydrogen (secondary N) is 2. The van der Waals surface area contributed by atoms with Crippen molar-refractivity contribution in [3.63, 3.8) is 0 Å². The maximum absolute atomic E-state index is 13.6. The summed E-state index contributed by atoms with van der Waals surface area (Å²) < 4.78 is 44.3. The summed E-state index contributed by atoms with van der Waals surface area (Å²) in [5.74, 6) is 0.433. The largest absolute Gasteiger partial charge is 0.434 e. The SMILES string of the molecule is O=C(Nc1cn(CC(=O)N2CCN(CC3CCOCC3)CC2)nc1-c1cc(SC2COC2)ccc1OC(F)F)C1=C2N=CC=CN2NC1. The monoisotopic (exact) mass is 684 g/mol. The predicted molar refractivity (Wildman–Crippen MR) is 174 cm³/mol. The Bertz CT molecular complexity index is 1600. The number of aliphatic imine (C=N–C) groups is 1. The van der Waals surface area contributed by atoms with Gasteiger partial charge in [0.15, 0.2) is 5.82 Å². The summed E-state index contributed by atoms with van der Waals surface area (Å²) in [7, 11) is 0. The Hall–Kier alpha value is -3.83. The van der Waals surface area contributed by atoms with Crippen LogP contribution in [-0.2, 0) is 25.6 Å². The maximum Gasteiger partial charge on any atom is 0.387 e. The normalized spacial score (nSPS) is 20.4. The molecule has 1 aromatic heterocycles. The smallest absolute Gasteiger partial charge is 0.387 e. The maximum atomic E-state index is 13.6. The average molecular weight is 685 g/mol. The van der Waals surface area contributed by atoms with Gasteiger partial charge in [0.05, 0.1) is 29.7 Å². The molecule has 5 aliphatic heterocycles. The first-order chi connectivity index (χ1) is 23.4. The predicted octanol–water partition coefficient (Wildman–Crippen LogP) is 2.78. The Morgan fingerprint density at radius 3 is 2.69 bits per heavy atom. The second-order valence-corrected chi connectivity index (χ2v) is 13.6. The van der Waals surface area contributed by atoms with Crippen LogP contribution in [0.4, 0.5) is 14.5 Å². The van der Waals surface area contributed by atoms with Gasteiger partial charge in [-0.25, -0.2) is 10.4 Å². The number of amides is 2. The average Bonchev–Trinajstić information content (AvgIpc) is 3.68. The van der Waals surface area contributed by atoms with Crippen LogP contribution in [-0.4, -0.2) is 120 Å². The zero-order valence-corrected chi connectivity index (χ0v) is 27.2. The summed E-state index contributed by atoms with van der Waals surface area (Å²) in [6, 6.07) is 4.91. The second kappa shape index (κ2) is 14.7. The van der Waals surface area contributed by atoms with Gasteiger partial charge in [-0.2, -0.15) is 13.9 Å². The number of hydrazine groups is 1. The fourth-order valence-corrected chi connectivity index (χ4v) is 7.34. The molecule has 13 nitrogen and oxygen atoms in total. The van der Waals surface area contributed by atoms with E-state index in [0.29, 0.717) is 43.6 Å². The van der Waals surface area contributed by atoms with Crippen LogP contribution < -0.4 is 15.5 Å². The van der Waals surface area contributed by atoms with E-state index in [1.807, 2.05) is 4.90 Å². The number of rotatable bonds is 11. The van der Waals surface area contributed by atoms with Crippen LogP contribution in [0.5, 0.6) is 5.75 Å². The van der Waals surface area contributed by atoms with E-state index in [1.165, 1.54) is 10.7 Å². The van der Waals surface area contributed by atoms with Gasteiger partial charge in [0.25, 0.3) is 5.91 Å². The van der Waals surface area contributed by atoms with Crippen molar-refractivity contribution < 1.29 is 32.6 Å². The number of allylic oxidation sites excluding steroid dienone is 1. The summed E-state index contributed by atoms with van der Waals surface area (Å²) in [5.41, 5.74) is 4.21. The highest BCUT2D eigenvalue weighted by Crippen LogP contribution is 2.40. The van der Waals surface area contributed by atoms with Gasteiger partial charge in [-0.15, -0.1) is 11.8 Å². The number of anilines is 1. The van der Waals surface area contributed by atoms with Gasteiger partial charge in [-0.3, -0.25) is 24.2 Å². The molecule has 48 heavy (non-hydrogen) atoms. The Morgan fingerprint density at radius 1 is 1.12 bits per heavy atom. The van der Waals surface area contributed by atoms with Crippen LogP contribution in [0, 0.1) is 5.92 Å². The molecule has 5 aliphatic rings. The molecule has 0 unspecified atom stereocenters. The molecule has 2 N–H and O–H groups in total. The van der Waals surface area contributed by atoms with Crippen LogP contribution in [0.15, 0.2) is 58.0 Å². The first-order valence-electron chi connectivity index (χ1n) is 16.2. The number of ether oxygens (including phenoxy) is 3. The number of alkyl halides is 2. The number of hydrogen-bond acceptors (Lipinski definition) is 11. The molecular weight excluding hydrogens is 646 g/mol. The second-order valence-electron chi connectivity index (χ2n) is 12.2. The molecule has 0 spiro atoms. The van der Waals surface area contributed by atoms with Gasteiger partial charge in [0.1, 0.15) is 18.0 Å². The molecule has 3 fully saturated rings. The zero-order valence-electron chi connectivity index (χ0n) is 26.4. The van der Waals surface area contributed by atoms with Crippen molar-refractivity contribution in [3.05, 3.63) is 48.1 Å². The van der Waals surface area contributed by atoms with Crippen molar-refractivity contribution in [1.82, 2.24) is 30.0 Å². The van der Waals surface area contributed by atoms with E-state index in [9.17, 15) is 18.4 Å². The molecule has 2 aromatic rings. The lowest BCUT2D eigenvalue weighted by molar-refractivity contribution is -0.133. The van der Waals surface area contributed by atoms with Crippen LogP contribution in [0.25, 0.3) is 11.3 Å². The molecule has 0 bridgehead atoms. The lowest BCUT2D eigenvalue weighted by Gasteiger charge is -2.37. The minimum atomic E-state index is -3.08. The lowest BCUT2D eigenvalue weighted by atomic mass is 9.99. The lowest BCUT2D eigenvalue weighted by Crippen LogP contribution is -2.50. The third-order valence-electron chi connectivity index (χ3n) is 8.94. The van der Waals surface area contributed by atoms with Crippen molar-refractivity contribution in [2.24, 2.45) is 10.9 Å². The number of thioether (sulfide) groups is 1. The van der Waals surface area contributed by atoms with Crippen LogP contribution in [0.3, 0.4) is 0 Å². The molecule has 0 atom stereocenters. The van der Waals surface area contributed by atoms with Gasteiger partial charge in [0.2, 0.25) is 5.91 Å². The number of carbonyl (C=O) groups excluding carboxylic acids is 2. The highest BCUT2D eigenvalue weighted by molar-refractivity contribution is 8.00. The van der Waals surface area contributed by atoms with E-state index >= 15 is 0 Å². The molecule has 0 radical (unpaired) electrons. The third kappa shape index (κ3) is 7.57. The number of carbonyl (C=O) groups is 2. The zero-order chi connectivity index (χ0) is 33.0. The van der Waals surface area contributed by atoms with Crippen molar-refractivity contribution in [2.45, 2.75) is 36.1 Å². The van der Waals surface area contributed by atoms with Crippen molar-refractivity contribution in [2.75, 3.05) is 71.0 Å². The van der Waals surface area contributed by atoms with Gasteiger partial charge < -0.3 is 24.4 Å². The van der Waals surface area contributed by atoms with Crippen LogP contribution in [0.1, 0.15) is 12.8 Å². The quantitative estimate of drug-likeness (QED) is 0.365. The molecule has 1 aromatic carbocycles. The summed E-state index contributed by atoms with van der Waals surface area (Å²) in [5, 5.41) is 9.48. The molecule has 16 heteroatoms. The molecule has 0 saturated carbocycles. The standard InChI is InChI=1S/C32H38F2N8O5S/c33-32(34)47-27-3-2-22(48-23-19-46-20-23)14-24(27)29-26(37-31(44)25-15-36-42-7-1-6-35-30(25)42)17-41(38-29)18-28(43)40-10-8-39(9-11-40)16-21-4-12-45-13-5-21/h1-3,6-7,14,17,21,23,32,36H,4-5,8-13,15-16,18-20H2,(H,37,44). The fraction of sp³-hybridized carbons (Fsp3) is 0.500. The Kier molecular flexibility index (Phi) is 10.0. The number of piperazine rings is 1. The molecule has 7 rings (SSSR count). The molecular formula is C32H38F2N8O5S. The van der Waals surface area contributed by atoms with Crippen molar-refractivity contribution in [3.8, 4) is 17.0 Å². The van der Waals surface area contributed by atoms with E-state index in [-0.39, 0.29) is 46.9 Å². The highest BCUT2D eigenvalue weighted by Gasteiger charge is 2.30. The van der Waals surface area contributed by atoms with Crippen LogP contribution >= 0.6 is 11.8 Å². The minimum absolute atomic E-state index is 0.0832. The molecule has 0 aliphatic carbocycles. The third-order valence-corrected chi connectivity index (χ3v) is 10.1. The minimum Gasteiger partial charge on any atom is -0.434 e. The van der Waals surface area contributed by atoms with Crippen LogP contribution in [0.2, 0.25) is 0 Å². The molecule has 256 valence electrons. The van der Waals surface area contributed by atoms with Gasteiger partial charge in [-0.1, -0.05) is 0 Å². The van der Waals surface area contributed by atoms with E-state index in [4.69, 9.17) is 14.2 Å². The number of aromatic nitrogens is 2. The molecule has 2 amide bonds. The number of halogens is 2. The van der Waals surface area contributed by atoms with E-state index in [2.05, 4.69) is 25.7 Å². The van der Waals surface area contributed by atoms with Gasteiger partial charge >= 0.3 is 6.61 Å². The number of benzene rings is 1. The van der Waals surface area contributed by atoms with Crippen molar-refractivity contribution in [1.29, 1.82) is 0 Å². The summed E-state index contributed by atoms with van der Waals surface area (Å²) in [4.78, 5) is 36.5. The highest BCUT2D eigenvalue weighted by atomic mass is 32.2. The van der Waals surface area contributed by atoms with E-state index < -0.39 is 12.5 Å². The first-order valence-corrected chi connectivity index (χ1v) is 17.0. The van der Waals surface area contributed by atoms with Gasteiger partial charge in [0, 0.05) is 81.6 Å². The first kappa shape index (κ1) is 32.7. The van der Waals surface area contributed by atoms with E-state index in [0.717, 1.165) is 50.6 Å². The summed E-state index contributed by atoms with van der Waals surface area (Å²) in [6.45, 7) is 3.69. The summed E-state index contributed by atoms with van der Waals surface area (Å²) in [6.07, 6.45) is 8.79. The number of fused-ring (bicyclic) bond motifs is 1. The Labute approximate surface area is 280 Å². The number of hydrogen-bond donors (Lipinski definition) is 2. The fourth-order valence-electron chi connectivity index (χ4n) is 6.29. The Morgan fingerprint density at radius 2 is 1.94 bits per heavy atom. The molecule has 6 heterocycles. The topological polar surface area (TPSA) is 126 Å². The Balaban J connectivity index is 1.13. The molecule has 3 saturated heterocycles. The number of nitrogens with zero attached hydrogens (tertiary/aromatic N) is 6. The summed E-state index contributed by atoms with van der Waals surface area (Å²) >= 11 is 1.56. The van der Waals surface area contributed by atoms with Crippen molar-refractivity contribution >= 4 is 35.5 Å². The van der Waals surface area contributed by atoms with E-state index in [1.54, 1.807) is 53.6 Å². The van der Waals surface area contributed by atoms with Gasteiger partial charge in [-0.05, 0) is 43.0 Å².